The number of rotatable bonds is 2. The summed E-state index contributed by atoms with van der Waals surface area (Å²) >= 11 is 0. The zero-order valence-corrected chi connectivity index (χ0v) is 11.2. The lowest BCUT2D eigenvalue weighted by Gasteiger charge is -2.06. The Hall–Kier alpha value is -2.22. The van der Waals surface area contributed by atoms with E-state index in [-0.39, 0.29) is 0 Å². The van der Waals surface area contributed by atoms with E-state index >= 15 is 0 Å². The third kappa shape index (κ3) is 1.89. The molecule has 3 rings (SSSR count). The van der Waals surface area contributed by atoms with Crippen LogP contribution in [0.3, 0.4) is 0 Å². The molecule has 1 heterocycles. The molecule has 0 atom stereocenters. The van der Waals surface area contributed by atoms with Crippen LogP contribution in [0.2, 0.25) is 0 Å². The molecule has 2 heteroatoms. The number of aromatic amines is 1. The molecule has 2 aromatic carbocycles. The van der Waals surface area contributed by atoms with Crippen molar-refractivity contribution in [1.82, 2.24) is 4.98 Å². The number of aryl methyl sites for hydroxylation is 2. The van der Waals surface area contributed by atoms with Crippen molar-refractivity contribution >= 4 is 10.9 Å². The van der Waals surface area contributed by atoms with Crippen LogP contribution >= 0.6 is 0 Å². The van der Waals surface area contributed by atoms with Gasteiger partial charge in [0.1, 0.15) is 5.75 Å². The Bertz CT molecular complexity index is 740. The number of para-hydroxylation sites is 1. The summed E-state index contributed by atoms with van der Waals surface area (Å²) in [5, 5.41) is 11.3. The van der Waals surface area contributed by atoms with Crippen LogP contribution in [0.1, 0.15) is 18.1 Å². The molecule has 19 heavy (non-hydrogen) atoms. The summed E-state index contributed by atoms with van der Waals surface area (Å²) in [6.45, 7) is 4.21. The molecule has 2 N–H and O–H groups in total. The number of hydrogen-bond donors (Lipinski definition) is 2. The van der Waals surface area contributed by atoms with Crippen molar-refractivity contribution < 1.29 is 5.11 Å². The Balaban J connectivity index is 2.27. The summed E-state index contributed by atoms with van der Waals surface area (Å²) in [7, 11) is 0. The van der Waals surface area contributed by atoms with Gasteiger partial charge in [-0.05, 0) is 42.7 Å². The predicted molar refractivity (Wildman–Crippen MR) is 79.5 cm³/mol. The first kappa shape index (κ1) is 11.8. The molecule has 0 aliphatic heterocycles. The van der Waals surface area contributed by atoms with Gasteiger partial charge in [-0.25, -0.2) is 0 Å². The van der Waals surface area contributed by atoms with E-state index < -0.39 is 0 Å². The zero-order chi connectivity index (χ0) is 13.4. The number of aromatic nitrogens is 1. The van der Waals surface area contributed by atoms with Crippen LogP contribution in [0.4, 0.5) is 0 Å². The van der Waals surface area contributed by atoms with Crippen LogP contribution in [0.5, 0.6) is 5.75 Å². The highest BCUT2D eigenvalue weighted by atomic mass is 16.3. The van der Waals surface area contributed by atoms with Crippen molar-refractivity contribution in [1.29, 1.82) is 0 Å². The first-order chi connectivity index (χ1) is 9.20. The average Bonchev–Trinajstić information content (AvgIpc) is 2.77. The second-order valence-corrected chi connectivity index (χ2v) is 4.88. The molecular formula is C17H17NO. The second kappa shape index (κ2) is 4.47. The third-order valence-electron chi connectivity index (χ3n) is 3.70. The molecule has 0 spiro atoms. The Labute approximate surface area is 112 Å². The molecule has 0 radical (unpaired) electrons. The molecule has 0 bridgehead atoms. The number of benzene rings is 2. The number of phenols is 1. The summed E-state index contributed by atoms with van der Waals surface area (Å²) in [5.74, 6) is 0.326. The van der Waals surface area contributed by atoms with Crippen molar-refractivity contribution in [2.45, 2.75) is 20.3 Å². The fraction of sp³-hybridized carbons (Fsp3) is 0.176. The SMILES string of the molecule is CCc1ccc(O)c(-c2[nH]c3ccccc3c2C)c1. The number of phenolic OH excluding ortho intramolecular Hbond substituents is 1. The van der Waals surface area contributed by atoms with E-state index in [2.05, 4.69) is 37.0 Å². The van der Waals surface area contributed by atoms with Gasteiger partial charge >= 0.3 is 0 Å². The molecule has 0 aliphatic carbocycles. The molecule has 96 valence electrons. The summed E-state index contributed by atoms with van der Waals surface area (Å²) in [6, 6.07) is 14.0. The number of fused-ring (bicyclic) bond motifs is 1. The second-order valence-electron chi connectivity index (χ2n) is 4.88. The van der Waals surface area contributed by atoms with Gasteiger partial charge in [0.25, 0.3) is 0 Å². The van der Waals surface area contributed by atoms with Gasteiger partial charge in [0, 0.05) is 16.5 Å². The van der Waals surface area contributed by atoms with Crippen molar-refractivity contribution in [3.05, 3.63) is 53.6 Å². The van der Waals surface area contributed by atoms with Gasteiger partial charge < -0.3 is 10.1 Å². The molecule has 3 aromatic rings. The van der Waals surface area contributed by atoms with E-state index in [1.807, 2.05) is 18.2 Å². The van der Waals surface area contributed by atoms with Gasteiger partial charge in [-0.2, -0.15) is 0 Å². The number of nitrogens with one attached hydrogen (secondary N) is 1. The quantitative estimate of drug-likeness (QED) is 0.695. The highest BCUT2D eigenvalue weighted by molar-refractivity contribution is 5.91. The fourth-order valence-electron chi connectivity index (χ4n) is 2.55. The minimum Gasteiger partial charge on any atom is -0.507 e. The molecule has 0 aliphatic rings. The highest BCUT2D eigenvalue weighted by Gasteiger charge is 2.12. The van der Waals surface area contributed by atoms with E-state index in [0.717, 1.165) is 23.2 Å². The van der Waals surface area contributed by atoms with Gasteiger partial charge in [-0.15, -0.1) is 0 Å². The van der Waals surface area contributed by atoms with E-state index in [4.69, 9.17) is 0 Å². The van der Waals surface area contributed by atoms with Crippen molar-refractivity contribution in [3.8, 4) is 17.0 Å². The summed E-state index contributed by atoms with van der Waals surface area (Å²) in [4.78, 5) is 3.41. The first-order valence-corrected chi connectivity index (χ1v) is 6.60. The van der Waals surface area contributed by atoms with E-state index in [1.54, 1.807) is 6.07 Å². The Kier molecular flexibility index (Phi) is 2.79. The van der Waals surface area contributed by atoms with Gasteiger partial charge in [0.05, 0.1) is 5.69 Å². The third-order valence-corrected chi connectivity index (χ3v) is 3.70. The van der Waals surface area contributed by atoms with Crippen molar-refractivity contribution in [2.24, 2.45) is 0 Å². The molecule has 2 nitrogen and oxygen atoms in total. The van der Waals surface area contributed by atoms with Crippen LogP contribution in [0.25, 0.3) is 22.2 Å². The van der Waals surface area contributed by atoms with E-state index in [0.29, 0.717) is 5.75 Å². The van der Waals surface area contributed by atoms with Crippen molar-refractivity contribution in [2.75, 3.05) is 0 Å². The monoisotopic (exact) mass is 251 g/mol. The smallest absolute Gasteiger partial charge is 0.124 e. The highest BCUT2D eigenvalue weighted by Crippen LogP contribution is 2.35. The Morgan fingerprint density at radius 3 is 2.63 bits per heavy atom. The number of H-pyrrole nitrogens is 1. The molecule has 0 fully saturated rings. The van der Waals surface area contributed by atoms with Gasteiger partial charge in [-0.1, -0.05) is 31.2 Å². The summed E-state index contributed by atoms with van der Waals surface area (Å²) in [6.07, 6.45) is 0.965. The van der Waals surface area contributed by atoms with E-state index in [9.17, 15) is 5.11 Å². The van der Waals surface area contributed by atoms with Gasteiger partial charge in [0.15, 0.2) is 0 Å². The lowest BCUT2D eigenvalue weighted by molar-refractivity contribution is 0.477. The van der Waals surface area contributed by atoms with Crippen LogP contribution in [0, 0.1) is 6.92 Å². The lowest BCUT2D eigenvalue weighted by Crippen LogP contribution is -1.86. The fourth-order valence-corrected chi connectivity index (χ4v) is 2.55. The molecular weight excluding hydrogens is 234 g/mol. The molecule has 0 unspecified atom stereocenters. The topological polar surface area (TPSA) is 36.0 Å². The minimum absolute atomic E-state index is 0.326. The van der Waals surface area contributed by atoms with Crippen LogP contribution in [-0.4, -0.2) is 10.1 Å². The molecule has 0 saturated carbocycles. The Morgan fingerprint density at radius 1 is 1.11 bits per heavy atom. The van der Waals surface area contributed by atoms with Crippen LogP contribution < -0.4 is 0 Å². The standard InChI is InChI=1S/C17H17NO/c1-3-12-8-9-16(19)14(10-12)17-11(2)13-6-4-5-7-15(13)18-17/h4-10,18-19H,3H2,1-2H3. The predicted octanol–water partition coefficient (Wildman–Crippen LogP) is 4.41. The average molecular weight is 251 g/mol. The largest absolute Gasteiger partial charge is 0.507 e. The normalized spacial score (nSPS) is 11.1. The minimum atomic E-state index is 0.326. The summed E-state index contributed by atoms with van der Waals surface area (Å²) in [5.41, 5.74) is 5.41. The number of aromatic hydroxyl groups is 1. The molecule has 0 amide bonds. The molecule has 0 saturated heterocycles. The van der Waals surface area contributed by atoms with Gasteiger partial charge in [-0.3, -0.25) is 0 Å². The first-order valence-electron chi connectivity index (χ1n) is 6.60. The van der Waals surface area contributed by atoms with E-state index in [1.165, 1.54) is 16.5 Å². The Morgan fingerprint density at radius 2 is 1.89 bits per heavy atom. The molecule has 1 aromatic heterocycles. The van der Waals surface area contributed by atoms with Crippen LogP contribution in [-0.2, 0) is 6.42 Å². The van der Waals surface area contributed by atoms with Crippen molar-refractivity contribution in [3.63, 3.8) is 0 Å². The maximum absolute atomic E-state index is 10.1. The maximum Gasteiger partial charge on any atom is 0.124 e. The summed E-state index contributed by atoms with van der Waals surface area (Å²) < 4.78 is 0. The maximum atomic E-state index is 10.1. The lowest BCUT2D eigenvalue weighted by atomic mass is 10.0. The number of hydrogen-bond acceptors (Lipinski definition) is 1. The van der Waals surface area contributed by atoms with Gasteiger partial charge in [0.2, 0.25) is 0 Å². The van der Waals surface area contributed by atoms with Crippen LogP contribution in [0.15, 0.2) is 42.5 Å². The zero-order valence-electron chi connectivity index (χ0n) is 11.2.